The zero-order valence-electron chi connectivity index (χ0n) is 11.4. The maximum atomic E-state index is 12.0. The van der Waals surface area contributed by atoms with Crippen LogP contribution in [0.4, 0.5) is 0 Å². The van der Waals surface area contributed by atoms with Crippen molar-refractivity contribution in [2.45, 2.75) is 44.6 Å². The van der Waals surface area contributed by atoms with Crippen molar-refractivity contribution in [3.05, 3.63) is 34.9 Å². The van der Waals surface area contributed by atoms with Crippen LogP contribution in [0.25, 0.3) is 0 Å². The van der Waals surface area contributed by atoms with Gasteiger partial charge in [-0.1, -0.05) is 18.2 Å². The predicted molar refractivity (Wildman–Crippen MR) is 76.2 cm³/mol. The number of carbonyl (C=O) groups is 1. The molecule has 1 heterocycles. The maximum absolute atomic E-state index is 12.0. The van der Waals surface area contributed by atoms with E-state index in [1.807, 2.05) is 0 Å². The molecule has 1 amide bonds. The van der Waals surface area contributed by atoms with Crippen molar-refractivity contribution < 1.29 is 4.79 Å². The number of aryl methyl sites for hydroxylation is 2. The predicted octanol–water partition coefficient (Wildman–Crippen LogP) is 1.59. The van der Waals surface area contributed by atoms with E-state index in [-0.39, 0.29) is 5.91 Å². The van der Waals surface area contributed by atoms with Crippen LogP contribution in [0.5, 0.6) is 0 Å². The van der Waals surface area contributed by atoms with Gasteiger partial charge in [0.15, 0.2) is 0 Å². The minimum atomic E-state index is 0.159. The number of amides is 1. The lowest BCUT2D eigenvalue weighted by molar-refractivity contribution is -0.121. The molecule has 0 radical (unpaired) electrons. The van der Waals surface area contributed by atoms with Crippen LogP contribution in [0.2, 0.25) is 0 Å². The number of fused-ring (bicyclic) bond motifs is 1. The van der Waals surface area contributed by atoms with Crippen molar-refractivity contribution in [3.63, 3.8) is 0 Å². The molecule has 2 aliphatic rings. The molecule has 0 saturated carbocycles. The van der Waals surface area contributed by atoms with Gasteiger partial charge in [0.25, 0.3) is 0 Å². The summed E-state index contributed by atoms with van der Waals surface area (Å²) in [5.74, 6) is 0.159. The van der Waals surface area contributed by atoms with Crippen LogP contribution in [0.3, 0.4) is 0 Å². The lowest BCUT2D eigenvalue weighted by atomic mass is 10.0. The first kappa shape index (κ1) is 12.7. The lowest BCUT2D eigenvalue weighted by Gasteiger charge is -2.23. The molecule has 1 aromatic carbocycles. The van der Waals surface area contributed by atoms with Crippen LogP contribution in [0.1, 0.15) is 36.0 Å². The van der Waals surface area contributed by atoms with E-state index < -0.39 is 0 Å². The molecule has 1 aliphatic carbocycles. The molecular weight excluding hydrogens is 236 g/mol. The molecule has 3 rings (SSSR count). The highest BCUT2D eigenvalue weighted by Crippen LogP contribution is 2.23. The second kappa shape index (κ2) is 5.74. The zero-order valence-corrected chi connectivity index (χ0v) is 11.4. The first-order valence-corrected chi connectivity index (χ1v) is 7.42. The van der Waals surface area contributed by atoms with Crippen molar-refractivity contribution in [2.75, 3.05) is 13.1 Å². The number of nitrogens with one attached hydrogen (secondary N) is 2. The third-order valence-corrected chi connectivity index (χ3v) is 4.19. The number of hydrogen-bond donors (Lipinski definition) is 2. The van der Waals surface area contributed by atoms with Crippen molar-refractivity contribution >= 4 is 5.91 Å². The molecule has 1 unspecified atom stereocenters. The first-order valence-electron chi connectivity index (χ1n) is 7.42. The second-order valence-electron chi connectivity index (χ2n) is 5.74. The third kappa shape index (κ3) is 3.16. The van der Waals surface area contributed by atoms with E-state index >= 15 is 0 Å². The molecule has 1 aliphatic heterocycles. The minimum absolute atomic E-state index is 0.159. The highest BCUT2D eigenvalue weighted by atomic mass is 16.1. The summed E-state index contributed by atoms with van der Waals surface area (Å²) in [6.07, 6.45) is 6.42. The average molecular weight is 258 g/mol. The molecule has 0 spiro atoms. The zero-order chi connectivity index (χ0) is 13.1. The van der Waals surface area contributed by atoms with E-state index in [0.717, 1.165) is 31.5 Å². The normalized spacial score (nSPS) is 22.0. The Morgan fingerprint density at radius 3 is 3.00 bits per heavy atom. The van der Waals surface area contributed by atoms with Gasteiger partial charge in [0.1, 0.15) is 0 Å². The molecule has 1 aromatic rings. The second-order valence-corrected chi connectivity index (χ2v) is 5.74. The van der Waals surface area contributed by atoms with Crippen LogP contribution in [0, 0.1) is 0 Å². The average Bonchev–Trinajstić information content (AvgIpc) is 2.87. The molecule has 2 N–H and O–H groups in total. The van der Waals surface area contributed by atoms with Gasteiger partial charge < -0.3 is 10.6 Å². The van der Waals surface area contributed by atoms with Gasteiger partial charge in [-0.05, 0) is 55.3 Å². The Morgan fingerprint density at radius 1 is 1.26 bits per heavy atom. The van der Waals surface area contributed by atoms with E-state index in [4.69, 9.17) is 0 Å². The van der Waals surface area contributed by atoms with E-state index in [9.17, 15) is 4.79 Å². The Labute approximate surface area is 114 Å². The Bertz CT molecular complexity index is 464. The van der Waals surface area contributed by atoms with Gasteiger partial charge in [0.05, 0.1) is 6.42 Å². The summed E-state index contributed by atoms with van der Waals surface area (Å²) in [4.78, 5) is 12.0. The molecule has 0 aromatic heterocycles. The van der Waals surface area contributed by atoms with Crippen molar-refractivity contribution in [3.8, 4) is 0 Å². The summed E-state index contributed by atoms with van der Waals surface area (Å²) >= 11 is 0. The molecular formula is C16H22N2O. The summed E-state index contributed by atoms with van der Waals surface area (Å²) in [6.45, 7) is 1.99. The van der Waals surface area contributed by atoms with Crippen molar-refractivity contribution in [2.24, 2.45) is 0 Å². The fourth-order valence-corrected chi connectivity index (χ4v) is 3.17. The SMILES string of the molecule is O=C(Cc1ccc2c(c1)CCC2)NC1CCCNC1. The lowest BCUT2D eigenvalue weighted by Crippen LogP contribution is -2.46. The molecule has 1 saturated heterocycles. The monoisotopic (exact) mass is 258 g/mol. The van der Waals surface area contributed by atoms with E-state index in [1.54, 1.807) is 0 Å². The minimum Gasteiger partial charge on any atom is -0.352 e. The summed E-state index contributed by atoms with van der Waals surface area (Å²) in [7, 11) is 0. The number of piperidine rings is 1. The Kier molecular flexibility index (Phi) is 3.83. The highest BCUT2D eigenvalue weighted by Gasteiger charge is 2.16. The molecule has 3 heteroatoms. The van der Waals surface area contributed by atoms with Gasteiger partial charge >= 0.3 is 0 Å². The highest BCUT2D eigenvalue weighted by molar-refractivity contribution is 5.79. The van der Waals surface area contributed by atoms with Gasteiger partial charge in [-0.2, -0.15) is 0 Å². The summed E-state index contributed by atoms with van der Waals surface area (Å²) < 4.78 is 0. The van der Waals surface area contributed by atoms with Crippen LogP contribution in [-0.4, -0.2) is 25.0 Å². The topological polar surface area (TPSA) is 41.1 Å². The van der Waals surface area contributed by atoms with Crippen LogP contribution in [-0.2, 0) is 24.1 Å². The summed E-state index contributed by atoms with van der Waals surface area (Å²) in [6, 6.07) is 6.85. The Morgan fingerprint density at radius 2 is 2.16 bits per heavy atom. The maximum Gasteiger partial charge on any atom is 0.224 e. The number of benzene rings is 1. The molecule has 1 fully saturated rings. The quantitative estimate of drug-likeness (QED) is 0.864. The molecule has 19 heavy (non-hydrogen) atoms. The molecule has 3 nitrogen and oxygen atoms in total. The Hall–Kier alpha value is -1.35. The first-order chi connectivity index (χ1) is 9.31. The van der Waals surface area contributed by atoms with Gasteiger partial charge in [-0.25, -0.2) is 0 Å². The van der Waals surface area contributed by atoms with E-state index in [0.29, 0.717) is 12.5 Å². The fraction of sp³-hybridized carbons (Fsp3) is 0.562. The molecule has 0 bridgehead atoms. The Balaban J connectivity index is 1.56. The fourth-order valence-electron chi connectivity index (χ4n) is 3.17. The number of carbonyl (C=O) groups excluding carboxylic acids is 1. The van der Waals surface area contributed by atoms with Gasteiger partial charge in [0.2, 0.25) is 5.91 Å². The standard InChI is InChI=1S/C16H22N2O/c19-16(18-15-5-2-8-17-11-15)10-12-6-7-13-3-1-4-14(13)9-12/h6-7,9,15,17H,1-5,8,10-11H2,(H,18,19). The van der Waals surface area contributed by atoms with Crippen LogP contribution >= 0.6 is 0 Å². The van der Waals surface area contributed by atoms with E-state index in [1.165, 1.54) is 30.4 Å². The van der Waals surface area contributed by atoms with Crippen molar-refractivity contribution in [1.82, 2.24) is 10.6 Å². The van der Waals surface area contributed by atoms with Gasteiger partial charge in [-0.15, -0.1) is 0 Å². The van der Waals surface area contributed by atoms with Gasteiger partial charge in [0, 0.05) is 12.6 Å². The number of hydrogen-bond acceptors (Lipinski definition) is 2. The molecule has 102 valence electrons. The summed E-state index contributed by atoms with van der Waals surface area (Å²) in [5, 5.41) is 6.46. The largest absolute Gasteiger partial charge is 0.352 e. The van der Waals surface area contributed by atoms with Crippen LogP contribution in [0.15, 0.2) is 18.2 Å². The van der Waals surface area contributed by atoms with E-state index in [2.05, 4.69) is 28.8 Å². The number of rotatable bonds is 3. The van der Waals surface area contributed by atoms with Crippen LogP contribution < -0.4 is 10.6 Å². The van der Waals surface area contributed by atoms with Crippen molar-refractivity contribution in [1.29, 1.82) is 0 Å². The molecule has 1 atom stereocenters. The smallest absolute Gasteiger partial charge is 0.224 e. The third-order valence-electron chi connectivity index (χ3n) is 4.19. The summed E-state index contributed by atoms with van der Waals surface area (Å²) in [5.41, 5.74) is 4.08. The van der Waals surface area contributed by atoms with Gasteiger partial charge in [-0.3, -0.25) is 4.79 Å².